The highest BCUT2D eigenvalue weighted by molar-refractivity contribution is 6.31. The zero-order valence-electron chi connectivity index (χ0n) is 12.9. The van der Waals surface area contributed by atoms with E-state index in [9.17, 15) is 9.90 Å². The van der Waals surface area contributed by atoms with Crippen LogP contribution in [0.2, 0.25) is 5.02 Å². The van der Waals surface area contributed by atoms with Gasteiger partial charge in [-0.1, -0.05) is 23.7 Å². The van der Waals surface area contributed by atoms with Crippen LogP contribution < -0.4 is 10.6 Å². The number of fused-ring (bicyclic) bond motifs is 1. The van der Waals surface area contributed by atoms with Gasteiger partial charge in [0.15, 0.2) is 0 Å². The Kier molecular flexibility index (Phi) is 4.55. The molecule has 3 rings (SSSR count). The first kappa shape index (κ1) is 15.8. The molecule has 5 heteroatoms. The number of aliphatic hydroxyl groups excluding tert-OH is 1. The summed E-state index contributed by atoms with van der Waals surface area (Å²) >= 11 is 5.99. The van der Waals surface area contributed by atoms with E-state index in [1.54, 1.807) is 12.1 Å². The fourth-order valence-corrected chi connectivity index (χ4v) is 3.01. The van der Waals surface area contributed by atoms with Crippen molar-refractivity contribution in [3.8, 4) is 0 Å². The van der Waals surface area contributed by atoms with Crippen molar-refractivity contribution in [2.45, 2.75) is 32.3 Å². The Morgan fingerprint density at radius 1 is 1.26 bits per heavy atom. The summed E-state index contributed by atoms with van der Waals surface area (Å²) in [5.41, 5.74) is 4.56. The Morgan fingerprint density at radius 3 is 2.87 bits per heavy atom. The maximum absolute atomic E-state index is 12.2. The van der Waals surface area contributed by atoms with Gasteiger partial charge in [0, 0.05) is 22.8 Å². The molecule has 4 nitrogen and oxygen atoms in total. The maximum atomic E-state index is 12.2. The number of urea groups is 1. The van der Waals surface area contributed by atoms with Crippen molar-refractivity contribution in [2.24, 2.45) is 0 Å². The molecule has 1 aliphatic rings. The first-order valence-corrected chi connectivity index (χ1v) is 8.03. The lowest BCUT2D eigenvalue weighted by atomic mass is 9.88. The first-order valence-electron chi connectivity index (χ1n) is 7.66. The molecule has 2 aromatic carbocycles. The summed E-state index contributed by atoms with van der Waals surface area (Å²) in [5, 5.41) is 16.2. The third-order valence-corrected chi connectivity index (χ3v) is 4.55. The van der Waals surface area contributed by atoms with Crippen LogP contribution in [-0.4, -0.2) is 17.2 Å². The molecule has 0 fully saturated rings. The lowest BCUT2D eigenvalue weighted by molar-refractivity contribution is 0.159. The number of benzene rings is 2. The summed E-state index contributed by atoms with van der Waals surface area (Å²) in [7, 11) is 0. The molecular formula is C18H19ClN2O2. The molecule has 1 atom stereocenters. The molecule has 0 aliphatic heterocycles. The monoisotopic (exact) mass is 330 g/mol. The van der Waals surface area contributed by atoms with Crippen molar-refractivity contribution >= 4 is 29.0 Å². The molecule has 0 spiro atoms. The van der Waals surface area contributed by atoms with Crippen LogP contribution in [0, 0.1) is 6.92 Å². The van der Waals surface area contributed by atoms with Crippen LogP contribution in [-0.2, 0) is 12.8 Å². The number of aliphatic hydroxyl groups is 1. The van der Waals surface area contributed by atoms with Gasteiger partial charge in [0.1, 0.15) is 0 Å². The van der Waals surface area contributed by atoms with Gasteiger partial charge in [-0.3, -0.25) is 0 Å². The Bertz CT molecular complexity index is 746. The molecule has 0 aromatic heterocycles. The molecule has 0 saturated carbocycles. The lowest BCUT2D eigenvalue weighted by Gasteiger charge is -2.23. The number of nitrogens with one attached hydrogen (secondary N) is 2. The topological polar surface area (TPSA) is 61.4 Å². The predicted molar refractivity (Wildman–Crippen MR) is 93.3 cm³/mol. The van der Waals surface area contributed by atoms with E-state index in [-0.39, 0.29) is 12.1 Å². The molecule has 2 amide bonds. The highest BCUT2D eigenvalue weighted by Gasteiger charge is 2.19. The minimum Gasteiger partial charge on any atom is -0.393 e. The van der Waals surface area contributed by atoms with Crippen molar-refractivity contribution in [1.29, 1.82) is 0 Å². The summed E-state index contributed by atoms with van der Waals surface area (Å²) < 4.78 is 0. The van der Waals surface area contributed by atoms with Gasteiger partial charge in [-0.05, 0) is 60.7 Å². The standard InChI is InChI=1S/C18H19ClN2O2/c1-11-9-13(6-8-16(11)19)20-18(23)21-17-4-2-3-12-5-7-14(22)10-15(12)17/h2-4,6,8-9,14,22H,5,7,10H2,1H3,(H2,20,21,23)/t14-/m1/s1. The number of hydrogen-bond acceptors (Lipinski definition) is 2. The van der Waals surface area contributed by atoms with E-state index in [2.05, 4.69) is 10.6 Å². The molecule has 0 heterocycles. The van der Waals surface area contributed by atoms with Crippen LogP contribution in [0.15, 0.2) is 36.4 Å². The molecule has 1 aliphatic carbocycles. The van der Waals surface area contributed by atoms with Gasteiger partial charge in [0.05, 0.1) is 6.10 Å². The largest absolute Gasteiger partial charge is 0.393 e. The van der Waals surface area contributed by atoms with Crippen LogP contribution in [0.25, 0.3) is 0 Å². The molecule has 120 valence electrons. The van der Waals surface area contributed by atoms with Crippen molar-refractivity contribution in [2.75, 3.05) is 10.6 Å². The van der Waals surface area contributed by atoms with E-state index >= 15 is 0 Å². The molecule has 3 N–H and O–H groups in total. The SMILES string of the molecule is Cc1cc(NC(=O)Nc2cccc3c2C[C@H](O)CC3)ccc1Cl. The number of rotatable bonds is 2. The summed E-state index contributed by atoms with van der Waals surface area (Å²) in [5.74, 6) is 0. The van der Waals surface area contributed by atoms with Crippen LogP contribution in [0.1, 0.15) is 23.1 Å². The van der Waals surface area contributed by atoms with E-state index < -0.39 is 0 Å². The van der Waals surface area contributed by atoms with Crippen molar-refractivity contribution in [3.05, 3.63) is 58.1 Å². The molecule has 0 bridgehead atoms. The van der Waals surface area contributed by atoms with Gasteiger partial charge in [0.25, 0.3) is 0 Å². The van der Waals surface area contributed by atoms with E-state index in [1.807, 2.05) is 31.2 Å². The number of carbonyl (C=O) groups is 1. The van der Waals surface area contributed by atoms with Crippen LogP contribution in [0.3, 0.4) is 0 Å². The van der Waals surface area contributed by atoms with Gasteiger partial charge in [0.2, 0.25) is 0 Å². The Labute approximate surface area is 140 Å². The van der Waals surface area contributed by atoms with Gasteiger partial charge in [-0.25, -0.2) is 4.79 Å². The average molecular weight is 331 g/mol. The second kappa shape index (κ2) is 6.60. The van der Waals surface area contributed by atoms with Gasteiger partial charge in [-0.15, -0.1) is 0 Å². The zero-order valence-corrected chi connectivity index (χ0v) is 13.7. The number of aryl methyl sites for hydroxylation is 2. The minimum atomic E-state index is -0.340. The van der Waals surface area contributed by atoms with Crippen molar-refractivity contribution in [3.63, 3.8) is 0 Å². The van der Waals surface area contributed by atoms with Crippen LogP contribution in [0.4, 0.5) is 16.2 Å². The van der Waals surface area contributed by atoms with Crippen LogP contribution in [0.5, 0.6) is 0 Å². The molecular weight excluding hydrogens is 312 g/mol. The van der Waals surface area contributed by atoms with Gasteiger partial charge >= 0.3 is 6.03 Å². The van der Waals surface area contributed by atoms with E-state index in [4.69, 9.17) is 11.6 Å². The average Bonchev–Trinajstić information content (AvgIpc) is 2.51. The highest BCUT2D eigenvalue weighted by atomic mass is 35.5. The number of carbonyl (C=O) groups excluding carboxylic acids is 1. The highest BCUT2D eigenvalue weighted by Crippen LogP contribution is 2.28. The summed E-state index contributed by atoms with van der Waals surface area (Å²) in [6, 6.07) is 10.9. The Balaban J connectivity index is 1.74. The van der Waals surface area contributed by atoms with Crippen molar-refractivity contribution < 1.29 is 9.90 Å². The summed E-state index contributed by atoms with van der Waals surface area (Å²) in [4.78, 5) is 12.2. The van der Waals surface area contributed by atoms with E-state index in [1.165, 1.54) is 5.56 Å². The Morgan fingerprint density at radius 2 is 2.09 bits per heavy atom. The maximum Gasteiger partial charge on any atom is 0.323 e. The van der Waals surface area contributed by atoms with Crippen LogP contribution >= 0.6 is 11.6 Å². The molecule has 23 heavy (non-hydrogen) atoms. The summed E-state index contributed by atoms with van der Waals surface area (Å²) in [6.45, 7) is 1.89. The third kappa shape index (κ3) is 3.66. The van der Waals surface area contributed by atoms with Crippen molar-refractivity contribution in [1.82, 2.24) is 0 Å². The zero-order chi connectivity index (χ0) is 16.4. The van der Waals surface area contributed by atoms with E-state index in [0.29, 0.717) is 17.1 Å². The third-order valence-electron chi connectivity index (χ3n) is 4.12. The lowest BCUT2D eigenvalue weighted by Crippen LogP contribution is -2.24. The first-order chi connectivity index (χ1) is 11.0. The van der Waals surface area contributed by atoms with Gasteiger partial charge in [-0.2, -0.15) is 0 Å². The molecule has 0 saturated heterocycles. The number of anilines is 2. The molecule has 0 radical (unpaired) electrons. The number of hydrogen-bond donors (Lipinski definition) is 3. The fourth-order valence-electron chi connectivity index (χ4n) is 2.89. The van der Waals surface area contributed by atoms with Gasteiger partial charge < -0.3 is 15.7 Å². The second-order valence-electron chi connectivity index (χ2n) is 5.88. The predicted octanol–water partition coefficient (Wildman–Crippen LogP) is 4.14. The Hall–Kier alpha value is -2.04. The number of halogens is 1. The second-order valence-corrected chi connectivity index (χ2v) is 6.29. The number of amides is 2. The molecule has 2 aromatic rings. The normalized spacial score (nSPS) is 16.6. The quantitative estimate of drug-likeness (QED) is 0.775. The smallest absolute Gasteiger partial charge is 0.323 e. The molecule has 0 unspecified atom stereocenters. The van der Waals surface area contributed by atoms with E-state index in [0.717, 1.165) is 29.7 Å². The minimum absolute atomic E-state index is 0.305. The fraction of sp³-hybridized carbons (Fsp3) is 0.278. The summed E-state index contributed by atoms with van der Waals surface area (Å²) in [6.07, 6.45) is 1.84.